The Balaban J connectivity index is 2.22. The van der Waals surface area contributed by atoms with Crippen LogP contribution in [-0.4, -0.2) is 18.8 Å². The molecular formula is C20H25NO3. The lowest BCUT2D eigenvalue weighted by Gasteiger charge is -2.24. The van der Waals surface area contributed by atoms with Crippen LogP contribution in [0.25, 0.3) is 0 Å². The quantitative estimate of drug-likeness (QED) is 0.879. The lowest BCUT2D eigenvalue weighted by molar-refractivity contribution is 0.0503. The van der Waals surface area contributed by atoms with Gasteiger partial charge in [0, 0.05) is 0 Å². The van der Waals surface area contributed by atoms with E-state index < -0.39 is 11.7 Å². The van der Waals surface area contributed by atoms with Gasteiger partial charge in [-0.1, -0.05) is 42.5 Å². The minimum atomic E-state index is -0.532. The Hall–Kier alpha value is -2.49. The Morgan fingerprint density at radius 2 is 1.79 bits per heavy atom. The standard InChI is InChI=1S/C20H25NO3/c1-20(2,3)24-19(22)21-18(13-15-9-6-5-7-10-15)16-11-8-12-17(14-16)23-4/h5-12,14,18H,13H2,1-4H3,(H,21,22). The van der Waals surface area contributed by atoms with Crippen LogP contribution in [0.5, 0.6) is 5.75 Å². The highest BCUT2D eigenvalue weighted by atomic mass is 16.6. The normalized spacial score (nSPS) is 12.3. The lowest BCUT2D eigenvalue weighted by Crippen LogP contribution is -2.35. The monoisotopic (exact) mass is 327 g/mol. The SMILES string of the molecule is COc1cccc(C(Cc2ccccc2)NC(=O)OC(C)(C)C)c1. The first-order valence-corrected chi connectivity index (χ1v) is 8.05. The van der Waals surface area contributed by atoms with E-state index in [0.717, 1.165) is 16.9 Å². The second-order valence-electron chi connectivity index (χ2n) is 6.67. The van der Waals surface area contributed by atoms with Crippen molar-refractivity contribution in [1.82, 2.24) is 5.32 Å². The van der Waals surface area contributed by atoms with Crippen LogP contribution in [0.15, 0.2) is 54.6 Å². The highest BCUT2D eigenvalue weighted by Crippen LogP contribution is 2.23. The molecule has 0 aromatic heterocycles. The summed E-state index contributed by atoms with van der Waals surface area (Å²) in [5.74, 6) is 0.761. The summed E-state index contributed by atoms with van der Waals surface area (Å²) in [7, 11) is 1.63. The summed E-state index contributed by atoms with van der Waals surface area (Å²) in [5, 5.41) is 2.97. The third kappa shape index (κ3) is 5.61. The average Bonchev–Trinajstić information content (AvgIpc) is 2.53. The Bertz CT molecular complexity index is 662. The van der Waals surface area contributed by atoms with Gasteiger partial charge in [0.15, 0.2) is 0 Å². The van der Waals surface area contributed by atoms with E-state index in [0.29, 0.717) is 6.42 Å². The van der Waals surface area contributed by atoms with Crippen LogP contribution in [0.2, 0.25) is 0 Å². The first-order valence-electron chi connectivity index (χ1n) is 8.05. The second-order valence-corrected chi connectivity index (χ2v) is 6.67. The Morgan fingerprint density at radius 1 is 1.08 bits per heavy atom. The first-order chi connectivity index (χ1) is 11.4. The third-order valence-corrected chi connectivity index (χ3v) is 3.47. The summed E-state index contributed by atoms with van der Waals surface area (Å²) in [5.41, 5.74) is 1.58. The molecule has 1 atom stereocenters. The summed E-state index contributed by atoms with van der Waals surface area (Å²) >= 11 is 0. The molecule has 0 radical (unpaired) electrons. The van der Waals surface area contributed by atoms with Gasteiger partial charge in [0.05, 0.1) is 13.2 Å². The van der Waals surface area contributed by atoms with Gasteiger partial charge in [-0.05, 0) is 50.5 Å². The van der Waals surface area contributed by atoms with Crippen LogP contribution in [0.4, 0.5) is 4.79 Å². The second kappa shape index (κ2) is 7.86. The maximum atomic E-state index is 12.2. The van der Waals surface area contributed by atoms with E-state index in [2.05, 4.69) is 5.32 Å². The number of amides is 1. The van der Waals surface area contributed by atoms with E-state index in [1.807, 2.05) is 75.4 Å². The van der Waals surface area contributed by atoms with Gasteiger partial charge in [-0.2, -0.15) is 0 Å². The van der Waals surface area contributed by atoms with Crippen molar-refractivity contribution in [2.24, 2.45) is 0 Å². The highest BCUT2D eigenvalue weighted by Gasteiger charge is 2.21. The number of nitrogens with one attached hydrogen (secondary N) is 1. The fourth-order valence-electron chi connectivity index (χ4n) is 2.41. The summed E-state index contributed by atoms with van der Waals surface area (Å²) in [4.78, 5) is 12.2. The number of hydrogen-bond acceptors (Lipinski definition) is 3. The molecule has 1 unspecified atom stereocenters. The van der Waals surface area contributed by atoms with Crippen LogP contribution in [0, 0.1) is 0 Å². The molecule has 4 nitrogen and oxygen atoms in total. The van der Waals surface area contributed by atoms with Crippen molar-refractivity contribution in [3.05, 3.63) is 65.7 Å². The summed E-state index contributed by atoms with van der Waals surface area (Å²) in [6.07, 6.45) is 0.249. The molecule has 2 aromatic carbocycles. The van der Waals surface area contributed by atoms with Crippen molar-refractivity contribution in [3.8, 4) is 5.75 Å². The first kappa shape index (κ1) is 17.9. The molecule has 2 rings (SSSR count). The average molecular weight is 327 g/mol. The van der Waals surface area contributed by atoms with Crippen molar-refractivity contribution in [3.63, 3.8) is 0 Å². The number of methoxy groups -OCH3 is 1. The molecule has 0 bridgehead atoms. The minimum absolute atomic E-state index is 0.197. The molecule has 0 fully saturated rings. The molecule has 1 N–H and O–H groups in total. The Morgan fingerprint density at radius 3 is 2.42 bits per heavy atom. The molecule has 0 aliphatic carbocycles. The zero-order chi connectivity index (χ0) is 17.6. The maximum Gasteiger partial charge on any atom is 0.408 e. The van der Waals surface area contributed by atoms with Crippen LogP contribution >= 0.6 is 0 Å². The van der Waals surface area contributed by atoms with E-state index in [4.69, 9.17) is 9.47 Å². The molecule has 1 amide bonds. The largest absolute Gasteiger partial charge is 0.497 e. The lowest BCUT2D eigenvalue weighted by atomic mass is 9.99. The number of carbonyl (C=O) groups is 1. The van der Waals surface area contributed by atoms with E-state index in [1.54, 1.807) is 7.11 Å². The van der Waals surface area contributed by atoms with Gasteiger partial charge in [-0.3, -0.25) is 0 Å². The van der Waals surface area contributed by atoms with Crippen LogP contribution < -0.4 is 10.1 Å². The van der Waals surface area contributed by atoms with Gasteiger partial charge in [0.2, 0.25) is 0 Å². The smallest absolute Gasteiger partial charge is 0.408 e. The minimum Gasteiger partial charge on any atom is -0.497 e. The predicted molar refractivity (Wildman–Crippen MR) is 95.3 cm³/mol. The number of ether oxygens (including phenoxy) is 2. The number of hydrogen-bond donors (Lipinski definition) is 1. The molecule has 128 valence electrons. The van der Waals surface area contributed by atoms with Crippen LogP contribution in [0.3, 0.4) is 0 Å². The summed E-state index contributed by atoms with van der Waals surface area (Å²) in [6.45, 7) is 5.55. The number of benzene rings is 2. The number of rotatable bonds is 5. The predicted octanol–water partition coefficient (Wildman–Crippen LogP) is 4.50. The molecule has 24 heavy (non-hydrogen) atoms. The molecule has 4 heteroatoms. The maximum absolute atomic E-state index is 12.2. The van der Waals surface area contributed by atoms with Gasteiger partial charge in [-0.25, -0.2) is 4.79 Å². The molecule has 2 aromatic rings. The molecule has 0 aliphatic rings. The Labute approximate surface area is 143 Å². The zero-order valence-electron chi connectivity index (χ0n) is 14.7. The van der Waals surface area contributed by atoms with E-state index >= 15 is 0 Å². The Kier molecular flexibility index (Phi) is 5.85. The highest BCUT2D eigenvalue weighted by molar-refractivity contribution is 5.68. The van der Waals surface area contributed by atoms with Gasteiger partial charge >= 0.3 is 6.09 Å². The van der Waals surface area contributed by atoms with Gasteiger partial charge in [0.25, 0.3) is 0 Å². The molecule has 0 saturated heterocycles. The third-order valence-electron chi connectivity index (χ3n) is 3.47. The van der Waals surface area contributed by atoms with Gasteiger partial charge < -0.3 is 14.8 Å². The van der Waals surface area contributed by atoms with E-state index in [1.165, 1.54) is 0 Å². The van der Waals surface area contributed by atoms with E-state index in [9.17, 15) is 4.79 Å². The topological polar surface area (TPSA) is 47.6 Å². The fourth-order valence-corrected chi connectivity index (χ4v) is 2.41. The molecular weight excluding hydrogens is 302 g/mol. The molecule has 0 heterocycles. The van der Waals surface area contributed by atoms with Crippen molar-refractivity contribution >= 4 is 6.09 Å². The van der Waals surface area contributed by atoms with Gasteiger partial charge in [0.1, 0.15) is 11.4 Å². The molecule has 0 saturated carbocycles. The zero-order valence-corrected chi connectivity index (χ0v) is 14.7. The van der Waals surface area contributed by atoms with Crippen molar-refractivity contribution < 1.29 is 14.3 Å². The number of alkyl carbamates (subject to hydrolysis) is 1. The van der Waals surface area contributed by atoms with Crippen molar-refractivity contribution in [1.29, 1.82) is 0 Å². The van der Waals surface area contributed by atoms with Crippen molar-refractivity contribution in [2.75, 3.05) is 7.11 Å². The summed E-state index contributed by atoms with van der Waals surface area (Å²) < 4.78 is 10.7. The molecule has 0 aliphatic heterocycles. The van der Waals surface area contributed by atoms with Gasteiger partial charge in [-0.15, -0.1) is 0 Å². The summed E-state index contributed by atoms with van der Waals surface area (Å²) in [6, 6.07) is 17.6. The van der Waals surface area contributed by atoms with Crippen LogP contribution in [-0.2, 0) is 11.2 Å². The molecule has 0 spiro atoms. The fraction of sp³-hybridized carbons (Fsp3) is 0.350. The number of carbonyl (C=O) groups excluding carboxylic acids is 1. The van der Waals surface area contributed by atoms with E-state index in [-0.39, 0.29) is 6.04 Å². The van der Waals surface area contributed by atoms with Crippen LogP contribution in [0.1, 0.15) is 37.9 Å². The van der Waals surface area contributed by atoms with Crippen molar-refractivity contribution in [2.45, 2.75) is 38.8 Å².